The van der Waals surface area contributed by atoms with Crippen LogP contribution in [0.15, 0.2) is 21.2 Å². The lowest BCUT2D eigenvalue weighted by atomic mass is 9.97. The Morgan fingerprint density at radius 3 is 2.89 bits per heavy atom. The molecule has 4 N–H and O–H groups in total. The quantitative estimate of drug-likeness (QED) is 0.706. The van der Waals surface area contributed by atoms with E-state index in [0.717, 1.165) is 19.3 Å². The van der Waals surface area contributed by atoms with Gasteiger partial charge in [0.25, 0.3) is 5.56 Å². The van der Waals surface area contributed by atoms with E-state index in [0.29, 0.717) is 6.54 Å². The van der Waals surface area contributed by atoms with Crippen molar-refractivity contribution >= 4 is 11.5 Å². The lowest BCUT2D eigenvalue weighted by Gasteiger charge is -2.14. The molecule has 6 heteroatoms. The fourth-order valence-corrected chi connectivity index (χ4v) is 2.29. The number of H-pyrrole nitrogens is 1. The SMILES string of the molecule is Cn1c(N)c(NCCC2=CCCCC2)c(=O)[nH]c1=O. The van der Waals surface area contributed by atoms with Crippen molar-refractivity contribution in [1.29, 1.82) is 0 Å². The Hall–Kier alpha value is -1.98. The molecule has 0 unspecified atom stereocenters. The summed E-state index contributed by atoms with van der Waals surface area (Å²) in [6, 6.07) is 0. The summed E-state index contributed by atoms with van der Waals surface area (Å²) in [5, 5.41) is 3.03. The van der Waals surface area contributed by atoms with Crippen LogP contribution in [0.1, 0.15) is 32.1 Å². The summed E-state index contributed by atoms with van der Waals surface area (Å²) in [5.74, 6) is 0.173. The molecule has 0 fully saturated rings. The number of hydrogen-bond donors (Lipinski definition) is 3. The van der Waals surface area contributed by atoms with E-state index in [1.54, 1.807) is 0 Å². The monoisotopic (exact) mass is 264 g/mol. The third-order valence-corrected chi connectivity index (χ3v) is 3.50. The van der Waals surface area contributed by atoms with Gasteiger partial charge in [-0.05, 0) is 32.1 Å². The van der Waals surface area contributed by atoms with Crippen molar-refractivity contribution in [3.8, 4) is 0 Å². The molecule has 0 saturated carbocycles. The molecule has 0 aromatic carbocycles. The summed E-state index contributed by atoms with van der Waals surface area (Å²) in [6.07, 6.45) is 7.98. The minimum atomic E-state index is -0.497. The summed E-state index contributed by atoms with van der Waals surface area (Å²) < 4.78 is 1.23. The highest BCUT2D eigenvalue weighted by molar-refractivity contribution is 5.60. The molecule has 1 heterocycles. The maximum atomic E-state index is 11.7. The highest BCUT2D eigenvalue weighted by Crippen LogP contribution is 2.20. The van der Waals surface area contributed by atoms with Crippen LogP contribution in [-0.4, -0.2) is 16.1 Å². The highest BCUT2D eigenvalue weighted by atomic mass is 16.2. The number of aromatic amines is 1. The van der Waals surface area contributed by atoms with Crippen molar-refractivity contribution in [3.63, 3.8) is 0 Å². The van der Waals surface area contributed by atoms with Gasteiger partial charge in [-0.25, -0.2) is 4.79 Å². The van der Waals surface area contributed by atoms with Crippen molar-refractivity contribution in [1.82, 2.24) is 9.55 Å². The van der Waals surface area contributed by atoms with Gasteiger partial charge in [-0.2, -0.15) is 0 Å². The van der Waals surface area contributed by atoms with Gasteiger partial charge < -0.3 is 11.1 Å². The van der Waals surface area contributed by atoms with Gasteiger partial charge in [0, 0.05) is 13.6 Å². The lowest BCUT2D eigenvalue weighted by molar-refractivity contribution is 0.679. The van der Waals surface area contributed by atoms with Gasteiger partial charge in [0.05, 0.1) is 0 Å². The molecule has 2 rings (SSSR count). The summed E-state index contributed by atoms with van der Waals surface area (Å²) >= 11 is 0. The van der Waals surface area contributed by atoms with Gasteiger partial charge in [0.2, 0.25) is 0 Å². The van der Waals surface area contributed by atoms with E-state index in [1.165, 1.54) is 30.0 Å². The van der Waals surface area contributed by atoms with Crippen molar-refractivity contribution in [2.45, 2.75) is 32.1 Å². The topological polar surface area (TPSA) is 92.9 Å². The summed E-state index contributed by atoms with van der Waals surface area (Å²) in [7, 11) is 1.53. The van der Waals surface area contributed by atoms with Gasteiger partial charge in [0.15, 0.2) is 0 Å². The Balaban J connectivity index is 2.04. The molecule has 0 atom stereocenters. The van der Waals surface area contributed by atoms with Crippen LogP contribution in [0.5, 0.6) is 0 Å². The first-order chi connectivity index (χ1) is 9.09. The minimum Gasteiger partial charge on any atom is -0.383 e. The zero-order valence-electron chi connectivity index (χ0n) is 11.2. The number of nitrogens with one attached hydrogen (secondary N) is 2. The van der Waals surface area contributed by atoms with E-state index < -0.39 is 11.2 Å². The van der Waals surface area contributed by atoms with Crippen LogP contribution in [0.3, 0.4) is 0 Å². The zero-order valence-corrected chi connectivity index (χ0v) is 11.2. The van der Waals surface area contributed by atoms with Crippen LogP contribution >= 0.6 is 0 Å². The lowest BCUT2D eigenvalue weighted by Crippen LogP contribution is -2.32. The van der Waals surface area contributed by atoms with Crippen LogP contribution in [0.4, 0.5) is 11.5 Å². The Bertz CT molecular complexity index is 598. The van der Waals surface area contributed by atoms with Crippen molar-refractivity contribution in [3.05, 3.63) is 32.5 Å². The van der Waals surface area contributed by atoms with Crippen LogP contribution in [0.25, 0.3) is 0 Å². The van der Waals surface area contributed by atoms with Gasteiger partial charge >= 0.3 is 5.69 Å². The van der Waals surface area contributed by atoms with Gasteiger partial charge in [-0.1, -0.05) is 11.6 Å². The number of nitrogen functional groups attached to an aromatic ring is 1. The second-order valence-corrected chi connectivity index (χ2v) is 4.86. The van der Waals surface area contributed by atoms with E-state index >= 15 is 0 Å². The number of rotatable bonds is 4. The highest BCUT2D eigenvalue weighted by Gasteiger charge is 2.09. The largest absolute Gasteiger partial charge is 0.383 e. The molecule has 0 aliphatic heterocycles. The first-order valence-electron chi connectivity index (χ1n) is 6.60. The maximum Gasteiger partial charge on any atom is 0.329 e. The predicted octanol–water partition coefficient (Wildman–Crippen LogP) is 0.958. The molecule has 19 heavy (non-hydrogen) atoms. The Morgan fingerprint density at radius 1 is 1.42 bits per heavy atom. The second kappa shape index (κ2) is 5.77. The summed E-state index contributed by atoms with van der Waals surface area (Å²) in [6.45, 7) is 0.650. The average Bonchev–Trinajstić information content (AvgIpc) is 2.41. The van der Waals surface area contributed by atoms with Gasteiger partial charge in [0.1, 0.15) is 11.5 Å². The Morgan fingerprint density at radius 2 is 2.21 bits per heavy atom. The number of nitrogens with two attached hydrogens (primary N) is 1. The van der Waals surface area contributed by atoms with Gasteiger partial charge in [-0.3, -0.25) is 14.3 Å². The number of nitrogens with zero attached hydrogens (tertiary/aromatic N) is 1. The molecule has 1 aromatic rings. The minimum absolute atomic E-state index is 0.173. The molecule has 1 aliphatic carbocycles. The second-order valence-electron chi connectivity index (χ2n) is 4.86. The van der Waals surface area contributed by atoms with Crippen LogP contribution in [-0.2, 0) is 7.05 Å². The normalized spacial score (nSPS) is 15.1. The van der Waals surface area contributed by atoms with Crippen LogP contribution in [0, 0.1) is 0 Å². The molecule has 0 amide bonds. The maximum absolute atomic E-state index is 11.7. The molecule has 0 bridgehead atoms. The molecular weight excluding hydrogens is 244 g/mol. The molecule has 104 valence electrons. The molecule has 6 nitrogen and oxygen atoms in total. The third-order valence-electron chi connectivity index (χ3n) is 3.50. The van der Waals surface area contributed by atoms with Crippen molar-refractivity contribution < 1.29 is 0 Å². The standard InChI is InChI=1S/C13H20N4O2/c1-17-11(14)10(12(18)16-13(17)19)15-8-7-9-5-3-2-4-6-9/h5,15H,2-4,6-8,14H2,1H3,(H,16,18,19). The summed E-state index contributed by atoms with van der Waals surface area (Å²) in [4.78, 5) is 25.2. The van der Waals surface area contributed by atoms with E-state index in [9.17, 15) is 9.59 Å². The first-order valence-corrected chi connectivity index (χ1v) is 6.60. The Kier molecular flexibility index (Phi) is 4.09. The molecule has 1 aromatic heterocycles. The number of hydrogen-bond acceptors (Lipinski definition) is 4. The molecule has 0 saturated heterocycles. The fraction of sp³-hybridized carbons (Fsp3) is 0.538. The molecule has 0 radical (unpaired) electrons. The van der Waals surface area contributed by atoms with Gasteiger partial charge in [-0.15, -0.1) is 0 Å². The number of anilines is 2. The molecule has 0 spiro atoms. The third kappa shape index (κ3) is 3.07. The average molecular weight is 264 g/mol. The number of aromatic nitrogens is 2. The molecule has 1 aliphatic rings. The van der Waals surface area contributed by atoms with Crippen molar-refractivity contribution in [2.24, 2.45) is 7.05 Å². The smallest absolute Gasteiger partial charge is 0.329 e. The zero-order chi connectivity index (χ0) is 13.8. The summed E-state index contributed by atoms with van der Waals surface area (Å²) in [5.41, 5.74) is 6.52. The van der Waals surface area contributed by atoms with E-state index in [-0.39, 0.29) is 11.5 Å². The molecular formula is C13H20N4O2. The van der Waals surface area contributed by atoms with Crippen molar-refractivity contribution in [2.75, 3.05) is 17.6 Å². The van der Waals surface area contributed by atoms with Crippen LogP contribution in [0.2, 0.25) is 0 Å². The number of allylic oxidation sites excluding steroid dienone is 1. The Labute approximate surface area is 111 Å². The predicted molar refractivity (Wildman–Crippen MR) is 76.4 cm³/mol. The fourth-order valence-electron chi connectivity index (χ4n) is 2.29. The van der Waals surface area contributed by atoms with Crippen LogP contribution < -0.4 is 22.3 Å². The first kappa shape index (κ1) is 13.5. The van der Waals surface area contributed by atoms with E-state index in [2.05, 4.69) is 16.4 Å². The van der Waals surface area contributed by atoms with E-state index in [4.69, 9.17) is 5.73 Å². The van der Waals surface area contributed by atoms with E-state index in [1.807, 2.05) is 0 Å².